The number of H-pyrrole nitrogens is 1. The number of hydrogen-bond donors (Lipinski definition) is 4. The van der Waals surface area contributed by atoms with Gasteiger partial charge in [0.1, 0.15) is 5.82 Å². The summed E-state index contributed by atoms with van der Waals surface area (Å²) >= 11 is 0. The van der Waals surface area contributed by atoms with Crippen molar-refractivity contribution >= 4 is 16.8 Å². The molecule has 0 bridgehead atoms. The molecule has 0 aliphatic heterocycles. The van der Waals surface area contributed by atoms with Gasteiger partial charge >= 0.3 is 0 Å². The van der Waals surface area contributed by atoms with Gasteiger partial charge in [-0.1, -0.05) is 79.7 Å². The highest BCUT2D eigenvalue weighted by Gasteiger charge is 2.26. The van der Waals surface area contributed by atoms with Crippen LogP contribution < -0.4 is 16.8 Å². The molecule has 0 saturated heterocycles. The lowest BCUT2D eigenvalue weighted by Gasteiger charge is -2.22. The summed E-state index contributed by atoms with van der Waals surface area (Å²) < 4.78 is 2.15. The van der Waals surface area contributed by atoms with Crippen molar-refractivity contribution in [2.45, 2.75) is 51.2 Å². The summed E-state index contributed by atoms with van der Waals surface area (Å²) in [5.74, 6) is 1.27. The Kier molecular flexibility index (Phi) is 8.68. The Balaban J connectivity index is 1.52. The van der Waals surface area contributed by atoms with Gasteiger partial charge < -0.3 is 26.3 Å². The summed E-state index contributed by atoms with van der Waals surface area (Å²) in [4.78, 5) is 16.4. The first-order chi connectivity index (χ1) is 19.6. The highest BCUT2D eigenvalue weighted by atomic mass is 16.2. The number of nitrogens with two attached hydrogens (primary N) is 2. The highest BCUT2D eigenvalue weighted by molar-refractivity contribution is 5.84. The van der Waals surface area contributed by atoms with Gasteiger partial charge in [0.05, 0.1) is 18.6 Å². The second kappa shape index (κ2) is 12.7. The average Bonchev–Trinajstić information content (AvgIpc) is 3.60. The maximum Gasteiger partial charge on any atom is 0.238 e. The minimum Gasteiger partial charge on any atom is -0.361 e. The monoisotopic (exact) mass is 535 g/mol. The van der Waals surface area contributed by atoms with Crippen molar-refractivity contribution in [3.63, 3.8) is 0 Å². The third-order valence-corrected chi connectivity index (χ3v) is 7.43. The third-order valence-electron chi connectivity index (χ3n) is 7.43. The van der Waals surface area contributed by atoms with Crippen molar-refractivity contribution in [2.24, 2.45) is 11.5 Å². The van der Waals surface area contributed by atoms with E-state index in [2.05, 4.69) is 74.5 Å². The zero-order chi connectivity index (χ0) is 27.9. The lowest BCUT2D eigenvalue weighted by atomic mass is 10.0. The van der Waals surface area contributed by atoms with Gasteiger partial charge in [-0.3, -0.25) is 4.79 Å². The van der Waals surface area contributed by atoms with Crippen molar-refractivity contribution < 1.29 is 4.79 Å². The first kappa shape index (κ1) is 27.3. The normalized spacial score (nSPS) is 12.9. The predicted octanol–water partition coefficient (Wildman–Crippen LogP) is 3.84. The zero-order valence-electron chi connectivity index (χ0n) is 22.9. The molecule has 0 spiro atoms. The van der Waals surface area contributed by atoms with Crippen LogP contribution >= 0.6 is 0 Å². The highest BCUT2D eigenvalue weighted by Crippen LogP contribution is 2.25. The van der Waals surface area contributed by atoms with Gasteiger partial charge in [-0.2, -0.15) is 0 Å². The number of rotatable bonds is 12. The molecule has 5 aromatic rings. The lowest BCUT2D eigenvalue weighted by molar-refractivity contribution is -0.123. The summed E-state index contributed by atoms with van der Waals surface area (Å²) in [6.07, 6.45) is 5.07. The van der Waals surface area contributed by atoms with Crippen LogP contribution in [-0.4, -0.2) is 38.2 Å². The Labute approximate surface area is 234 Å². The molecular formula is C32H37N7O. The van der Waals surface area contributed by atoms with E-state index < -0.39 is 12.1 Å². The molecule has 5 rings (SSSR count). The van der Waals surface area contributed by atoms with E-state index in [1.165, 1.54) is 11.1 Å². The van der Waals surface area contributed by atoms with Crippen LogP contribution in [0.15, 0.2) is 85.1 Å². The fraction of sp³-hybridized carbons (Fsp3) is 0.281. The van der Waals surface area contributed by atoms with Crippen molar-refractivity contribution in [3.8, 4) is 0 Å². The molecule has 8 heteroatoms. The number of carbonyl (C=O) groups is 1. The van der Waals surface area contributed by atoms with Gasteiger partial charge in [0.15, 0.2) is 5.82 Å². The van der Waals surface area contributed by atoms with Crippen molar-refractivity contribution in [2.75, 3.05) is 6.54 Å². The van der Waals surface area contributed by atoms with Gasteiger partial charge in [0.25, 0.3) is 0 Å². The standard InChI is InChI=1S/C32H37N7O/c1-2-22-12-14-24(15-13-22)21-39-30(17-16-23-8-4-3-5-9-23)37-38-31(39)29(36-32(40)27(34)19-33)18-25-20-35-28-11-7-6-10-26(25)28/h3-15,20,27,29,35H,2,16-19,21,33-34H2,1H3,(H,36,40)/t27?,29-/m1/s1. The number of nitrogens with zero attached hydrogens (tertiary/aromatic N) is 3. The Morgan fingerprint density at radius 2 is 1.65 bits per heavy atom. The van der Waals surface area contributed by atoms with Crippen LogP contribution in [0.1, 0.15) is 46.9 Å². The minimum absolute atomic E-state index is 0.0600. The Hall–Kier alpha value is -4.27. The van der Waals surface area contributed by atoms with Crippen LogP contribution in [0.5, 0.6) is 0 Å². The number of hydrogen-bond acceptors (Lipinski definition) is 5. The molecule has 0 aliphatic carbocycles. The van der Waals surface area contributed by atoms with Crippen molar-refractivity contribution in [1.29, 1.82) is 0 Å². The molecule has 0 radical (unpaired) electrons. The van der Waals surface area contributed by atoms with Gasteiger partial charge in [-0.05, 0) is 41.2 Å². The summed E-state index contributed by atoms with van der Waals surface area (Å²) in [7, 11) is 0. The first-order valence-corrected chi connectivity index (χ1v) is 13.9. The molecule has 40 heavy (non-hydrogen) atoms. The van der Waals surface area contributed by atoms with E-state index in [9.17, 15) is 4.79 Å². The number of aromatic nitrogens is 4. The number of fused-ring (bicyclic) bond motifs is 1. The maximum absolute atomic E-state index is 13.0. The molecule has 1 amide bonds. The molecule has 0 fully saturated rings. The number of benzene rings is 3. The van der Waals surface area contributed by atoms with Gasteiger partial charge in [-0.15, -0.1) is 10.2 Å². The summed E-state index contributed by atoms with van der Waals surface area (Å²) in [5, 5.41) is 13.6. The number of aromatic amines is 1. The fourth-order valence-corrected chi connectivity index (χ4v) is 5.04. The van der Waals surface area contributed by atoms with Crippen LogP contribution in [0.4, 0.5) is 0 Å². The van der Waals surface area contributed by atoms with Crippen LogP contribution in [0.2, 0.25) is 0 Å². The zero-order valence-corrected chi connectivity index (χ0v) is 22.9. The van der Waals surface area contributed by atoms with E-state index in [-0.39, 0.29) is 12.5 Å². The van der Waals surface area contributed by atoms with Crippen LogP contribution in [-0.2, 0) is 37.0 Å². The molecule has 1 unspecified atom stereocenters. The SMILES string of the molecule is CCc1ccc(Cn2c(CCc3ccccc3)nnc2[C@@H](Cc2c[nH]c3ccccc23)NC(=O)C(N)CN)cc1. The predicted molar refractivity (Wildman–Crippen MR) is 159 cm³/mol. The van der Waals surface area contributed by atoms with Gasteiger partial charge in [-0.25, -0.2) is 0 Å². The van der Waals surface area contributed by atoms with Gasteiger partial charge in [0.2, 0.25) is 5.91 Å². The molecule has 8 nitrogen and oxygen atoms in total. The summed E-state index contributed by atoms with van der Waals surface area (Å²) in [6.45, 7) is 2.81. The second-order valence-electron chi connectivity index (χ2n) is 10.2. The molecule has 0 aliphatic rings. The van der Waals surface area contributed by atoms with Crippen LogP contribution in [0.3, 0.4) is 0 Å². The number of aryl methyl sites for hydroxylation is 3. The Morgan fingerprint density at radius 3 is 2.40 bits per heavy atom. The molecule has 2 heterocycles. The number of nitrogens with one attached hydrogen (secondary N) is 2. The largest absolute Gasteiger partial charge is 0.361 e. The quantitative estimate of drug-likeness (QED) is 0.193. The van der Waals surface area contributed by atoms with Crippen molar-refractivity contribution in [1.82, 2.24) is 25.1 Å². The Morgan fingerprint density at radius 1 is 0.925 bits per heavy atom. The maximum atomic E-state index is 13.0. The summed E-state index contributed by atoms with van der Waals surface area (Å²) in [6, 6.07) is 25.9. The first-order valence-electron chi connectivity index (χ1n) is 13.9. The van der Waals surface area contributed by atoms with E-state index in [0.717, 1.165) is 47.1 Å². The average molecular weight is 536 g/mol. The fourth-order valence-electron chi connectivity index (χ4n) is 5.04. The smallest absolute Gasteiger partial charge is 0.238 e. The lowest BCUT2D eigenvalue weighted by Crippen LogP contribution is -2.47. The van der Waals surface area contributed by atoms with Crippen molar-refractivity contribution in [3.05, 3.63) is 119 Å². The number of para-hydroxylation sites is 1. The molecule has 2 aromatic heterocycles. The van der Waals surface area contributed by atoms with E-state index in [0.29, 0.717) is 18.8 Å². The second-order valence-corrected chi connectivity index (χ2v) is 10.2. The molecular weight excluding hydrogens is 498 g/mol. The molecule has 3 aromatic carbocycles. The topological polar surface area (TPSA) is 128 Å². The summed E-state index contributed by atoms with van der Waals surface area (Å²) in [5.41, 5.74) is 17.6. The minimum atomic E-state index is -0.805. The van der Waals surface area contributed by atoms with E-state index in [4.69, 9.17) is 11.5 Å². The molecule has 0 saturated carbocycles. The molecule has 206 valence electrons. The van der Waals surface area contributed by atoms with Crippen LogP contribution in [0, 0.1) is 0 Å². The molecule has 2 atom stereocenters. The van der Waals surface area contributed by atoms with Crippen LogP contribution in [0.25, 0.3) is 10.9 Å². The van der Waals surface area contributed by atoms with E-state index in [1.54, 1.807) is 0 Å². The number of amides is 1. The Bertz CT molecular complexity index is 1540. The van der Waals surface area contributed by atoms with E-state index >= 15 is 0 Å². The van der Waals surface area contributed by atoms with E-state index in [1.807, 2.05) is 42.6 Å². The number of carbonyl (C=O) groups excluding carboxylic acids is 1. The molecule has 6 N–H and O–H groups in total. The van der Waals surface area contributed by atoms with Gasteiger partial charge in [0, 0.05) is 36.5 Å². The third kappa shape index (κ3) is 6.30.